The first-order valence-corrected chi connectivity index (χ1v) is 9.05. The molecule has 0 saturated carbocycles. The van der Waals surface area contributed by atoms with Crippen LogP contribution in [-0.4, -0.2) is 38.1 Å². The van der Waals surface area contributed by atoms with Crippen LogP contribution in [0.5, 0.6) is 11.5 Å². The molecule has 0 heterocycles. The minimum atomic E-state index is -0.834. The number of hydrogen-bond donors (Lipinski definition) is 2. The Labute approximate surface area is 180 Å². The van der Waals surface area contributed by atoms with Crippen LogP contribution in [-0.2, 0) is 14.3 Å². The molecule has 0 spiro atoms. The molecule has 0 atom stereocenters. The summed E-state index contributed by atoms with van der Waals surface area (Å²) < 4.78 is 15.2. The zero-order valence-corrected chi connectivity index (χ0v) is 17.2. The molecule has 2 aromatic rings. The standard InChI is InChI=1S/C18H15Cl3N2O6/c1-27-14-5-9(4-12(21)17(14)28-7-15(22)24)18(26)29-8-16(25)23-13-6-10(19)2-3-11(13)20/h2-6H,7-8H2,1H3,(H2,22,24)(H,23,25). The quantitative estimate of drug-likeness (QED) is 0.583. The van der Waals surface area contributed by atoms with Gasteiger partial charge in [0.05, 0.1) is 28.4 Å². The number of primary amides is 1. The molecular formula is C18H15Cl3N2O6. The Morgan fingerprint density at radius 3 is 2.41 bits per heavy atom. The Bertz CT molecular complexity index is 951. The van der Waals surface area contributed by atoms with E-state index in [2.05, 4.69) is 5.32 Å². The van der Waals surface area contributed by atoms with Gasteiger partial charge in [-0.1, -0.05) is 34.8 Å². The molecule has 0 aliphatic carbocycles. The molecule has 0 aliphatic rings. The number of amides is 2. The summed E-state index contributed by atoms with van der Waals surface area (Å²) >= 11 is 17.9. The molecule has 0 bridgehead atoms. The predicted octanol–water partition coefficient (Wildman–Crippen LogP) is 3.32. The van der Waals surface area contributed by atoms with Gasteiger partial charge in [-0.25, -0.2) is 4.79 Å². The Kier molecular flexibility index (Phi) is 7.95. The van der Waals surface area contributed by atoms with Crippen molar-refractivity contribution >= 4 is 58.3 Å². The van der Waals surface area contributed by atoms with Crippen molar-refractivity contribution in [1.82, 2.24) is 0 Å². The summed E-state index contributed by atoms with van der Waals surface area (Å²) in [5.74, 6) is -2.04. The number of ether oxygens (including phenoxy) is 3. The zero-order chi connectivity index (χ0) is 21.6. The third-order valence-electron chi connectivity index (χ3n) is 3.36. The van der Waals surface area contributed by atoms with Crippen molar-refractivity contribution in [1.29, 1.82) is 0 Å². The van der Waals surface area contributed by atoms with Crippen LogP contribution in [0.1, 0.15) is 10.4 Å². The number of nitrogens with one attached hydrogen (secondary N) is 1. The summed E-state index contributed by atoms with van der Waals surface area (Å²) in [7, 11) is 1.32. The number of esters is 1. The van der Waals surface area contributed by atoms with Gasteiger partial charge in [0.2, 0.25) is 0 Å². The van der Waals surface area contributed by atoms with Crippen LogP contribution in [0, 0.1) is 0 Å². The van der Waals surface area contributed by atoms with Gasteiger partial charge in [-0.05, 0) is 30.3 Å². The van der Waals surface area contributed by atoms with E-state index < -0.39 is 31.0 Å². The summed E-state index contributed by atoms with van der Waals surface area (Å²) in [5.41, 5.74) is 5.31. The number of hydrogen-bond acceptors (Lipinski definition) is 6. The number of nitrogens with two attached hydrogens (primary N) is 1. The van der Waals surface area contributed by atoms with E-state index in [1.807, 2.05) is 0 Å². The lowest BCUT2D eigenvalue weighted by molar-refractivity contribution is -0.120. The van der Waals surface area contributed by atoms with Crippen LogP contribution < -0.4 is 20.5 Å². The van der Waals surface area contributed by atoms with E-state index in [-0.39, 0.29) is 32.8 Å². The van der Waals surface area contributed by atoms with Crippen molar-refractivity contribution in [2.45, 2.75) is 0 Å². The molecule has 0 aliphatic heterocycles. The lowest BCUT2D eigenvalue weighted by Crippen LogP contribution is -2.21. The van der Waals surface area contributed by atoms with Crippen molar-refractivity contribution in [3.63, 3.8) is 0 Å². The third kappa shape index (κ3) is 6.42. The van der Waals surface area contributed by atoms with E-state index >= 15 is 0 Å². The molecule has 29 heavy (non-hydrogen) atoms. The average molecular weight is 462 g/mol. The van der Waals surface area contributed by atoms with Gasteiger partial charge in [-0.3, -0.25) is 9.59 Å². The number of methoxy groups -OCH3 is 1. The number of rotatable bonds is 8. The first-order chi connectivity index (χ1) is 13.7. The molecular weight excluding hydrogens is 447 g/mol. The van der Waals surface area contributed by atoms with Crippen molar-refractivity contribution in [3.8, 4) is 11.5 Å². The lowest BCUT2D eigenvalue weighted by atomic mass is 10.2. The van der Waals surface area contributed by atoms with Crippen LogP contribution in [0.3, 0.4) is 0 Å². The zero-order valence-electron chi connectivity index (χ0n) is 15.0. The van der Waals surface area contributed by atoms with Crippen LogP contribution in [0.4, 0.5) is 5.69 Å². The fourth-order valence-electron chi connectivity index (χ4n) is 2.12. The lowest BCUT2D eigenvalue weighted by Gasteiger charge is -2.13. The maximum Gasteiger partial charge on any atom is 0.338 e. The molecule has 11 heteroatoms. The number of anilines is 1. The minimum absolute atomic E-state index is 0.00635. The van der Waals surface area contributed by atoms with Crippen molar-refractivity contribution in [3.05, 3.63) is 51.0 Å². The number of benzene rings is 2. The summed E-state index contributed by atoms with van der Waals surface area (Å²) in [6.07, 6.45) is 0. The fourth-order valence-corrected chi connectivity index (χ4v) is 2.72. The molecule has 0 unspecified atom stereocenters. The van der Waals surface area contributed by atoms with Crippen LogP contribution >= 0.6 is 34.8 Å². The summed E-state index contributed by atoms with van der Waals surface area (Å²) in [4.78, 5) is 35.1. The monoisotopic (exact) mass is 460 g/mol. The minimum Gasteiger partial charge on any atom is -0.493 e. The molecule has 2 rings (SSSR count). The van der Waals surface area contributed by atoms with E-state index in [4.69, 9.17) is 54.7 Å². The number of halogens is 3. The van der Waals surface area contributed by atoms with Gasteiger partial charge in [0.15, 0.2) is 24.7 Å². The van der Waals surface area contributed by atoms with Gasteiger partial charge < -0.3 is 25.3 Å². The second kappa shape index (κ2) is 10.2. The largest absolute Gasteiger partial charge is 0.493 e. The highest BCUT2D eigenvalue weighted by Gasteiger charge is 2.18. The number of carbonyl (C=O) groups is 3. The van der Waals surface area contributed by atoms with Gasteiger partial charge >= 0.3 is 5.97 Å². The van der Waals surface area contributed by atoms with Gasteiger partial charge in [0, 0.05) is 5.02 Å². The van der Waals surface area contributed by atoms with Crippen molar-refractivity contribution in [2.24, 2.45) is 5.73 Å². The molecule has 2 amide bonds. The average Bonchev–Trinajstić information content (AvgIpc) is 2.67. The Hall–Kier alpha value is -2.68. The molecule has 2 aromatic carbocycles. The molecule has 3 N–H and O–H groups in total. The SMILES string of the molecule is COc1cc(C(=O)OCC(=O)Nc2cc(Cl)ccc2Cl)cc(Cl)c1OCC(N)=O. The van der Waals surface area contributed by atoms with Crippen molar-refractivity contribution in [2.75, 3.05) is 25.6 Å². The molecule has 0 aromatic heterocycles. The van der Waals surface area contributed by atoms with Gasteiger partial charge in [0.1, 0.15) is 0 Å². The van der Waals surface area contributed by atoms with Gasteiger partial charge in [0.25, 0.3) is 11.8 Å². The highest BCUT2D eigenvalue weighted by molar-refractivity contribution is 6.35. The third-order valence-corrected chi connectivity index (χ3v) is 4.21. The normalized spacial score (nSPS) is 10.2. The first kappa shape index (κ1) is 22.6. The Balaban J connectivity index is 2.04. The molecule has 0 radical (unpaired) electrons. The highest BCUT2D eigenvalue weighted by atomic mass is 35.5. The van der Waals surface area contributed by atoms with E-state index in [0.717, 1.165) is 0 Å². The molecule has 8 nitrogen and oxygen atoms in total. The predicted molar refractivity (Wildman–Crippen MR) is 108 cm³/mol. The Morgan fingerprint density at radius 2 is 1.76 bits per heavy atom. The fraction of sp³-hybridized carbons (Fsp3) is 0.167. The maximum atomic E-state index is 12.2. The van der Waals surface area contributed by atoms with Gasteiger partial charge in [-0.2, -0.15) is 0 Å². The van der Waals surface area contributed by atoms with E-state index in [9.17, 15) is 14.4 Å². The molecule has 0 fully saturated rings. The topological polar surface area (TPSA) is 117 Å². The van der Waals surface area contributed by atoms with Gasteiger partial charge in [-0.15, -0.1) is 0 Å². The maximum absolute atomic E-state index is 12.2. The highest BCUT2D eigenvalue weighted by Crippen LogP contribution is 2.36. The Morgan fingerprint density at radius 1 is 1.03 bits per heavy atom. The summed E-state index contributed by atoms with van der Waals surface area (Å²) in [6, 6.07) is 7.07. The number of carbonyl (C=O) groups excluding carboxylic acids is 3. The molecule has 154 valence electrons. The second-order valence-electron chi connectivity index (χ2n) is 5.49. The van der Waals surface area contributed by atoms with E-state index in [1.165, 1.54) is 31.4 Å². The van der Waals surface area contributed by atoms with E-state index in [0.29, 0.717) is 5.02 Å². The van der Waals surface area contributed by atoms with E-state index in [1.54, 1.807) is 6.07 Å². The first-order valence-electron chi connectivity index (χ1n) is 7.92. The van der Waals surface area contributed by atoms with Crippen LogP contribution in [0.15, 0.2) is 30.3 Å². The molecule has 0 saturated heterocycles. The van der Waals surface area contributed by atoms with Crippen LogP contribution in [0.2, 0.25) is 15.1 Å². The van der Waals surface area contributed by atoms with Crippen LogP contribution in [0.25, 0.3) is 0 Å². The summed E-state index contributed by atoms with van der Waals surface area (Å²) in [6.45, 7) is -1.01. The summed E-state index contributed by atoms with van der Waals surface area (Å²) in [5, 5.41) is 3.13. The van der Waals surface area contributed by atoms with Crippen molar-refractivity contribution < 1.29 is 28.6 Å². The second-order valence-corrected chi connectivity index (χ2v) is 6.74. The smallest absolute Gasteiger partial charge is 0.338 e.